The van der Waals surface area contributed by atoms with E-state index in [1.165, 1.54) is 0 Å². The molecule has 0 N–H and O–H groups in total. The Balaban J connectivity index is 1.86. The molecule has 5 nitrogen and oxygen atoms in total. The molecule has 1 amide bonds. The van der Waals surface area contributed by atoms with Crippen molar-refractivity contribution in [3.8, 4) is 5.75 Å². The number of ether oxygens (including phenoxy) is 2. The minimum absolute atomic E-state index is 0.110. The second-order valence-electron chi connectivity index (χ2n) is 5.01. The standard InChI is InChI=1S/C16H21NO4/c1-2-3-10-20-16(19)12-21-14-7-4-6-13(11-14)17-9-5-8-15(17)18/h4,6-7,11H,2-3,5,8-10,12H2,1H3. The third-order valence-electron chi connectivity index (χ3n) is 3.32. The molecule has 2 rings (SSSR count). The Hall–Kier alpha value is -2.04. The van der Waals surface area contributed by atoms with E-state index >= 15 is 0 Å². The van der Waals surface area contributed by atoms with Crippen molar-refractivity contribution in [2.24, 2.45) is 0 Å². The van der Waals surface area contributed by atoms with Crippen molar-refractivity contribution >= 4 is 17.6 Å². The van der Waals surface area contributed by atoms with Gasteiger partial charge in [-0.25, -0.2) is 4.79 Å². The van der Waals surface area contributed by atoms with Crippen LogP contribution in [0.1, 0.15) is 32.6 Å². The minimum atomic E-state index is -0.369. The van der Waals surface area contributed by atoms with Crippen LogP contribution in [-0.2, 0) is 14.3 Å². The van der Waals surface area contributed by atoms with Crippen LogP contribution in [0.3, 0.4) is 0 Å². The summed E-state index contributed by atoms with van der Waals surface area (Å²) in [6.07, 6.45) is 3.32. The Kier molecular flexibility index (Phi) is 5.60. The van der Waals surface area contributed by atoms with Gasteiger partial charge >= 0.3 is 5.97 Å². The third kappa shape index (κ3) is 4.48. The van der Waals surface area contributed by atoms with Gasteiger partial charge in [0.1, 0.15) is 5.75 Å². The third-order valence-corrected chi connectivity index (χ3v) is 3.32. The number of hydrogen-bond donors (Lipinski definition) is 0. The molecule has 1 aromatic carbocycles. The average molecular weight is 291 g/mol. The van der Waals surface area contributed by atoms with Gasteiger partial charge in [-0.3, -0.25) is 4.79 Å². The van der Waals surface area contributed by atoms with Crippen LogP contribution in [-0.4, -0.2) is 31.6 Å². The topological polar surface area (TPSA) is 55.8 Å². The minimum Gasteiger partial charge on any atom is -0.482 e. The Morgan fingerprint density at radius 1 is 1.38 bits per heavy atom. The van der Waals surface area contributed by atoms with Crippen LogP contribution in [0.2, 0.25) is 0 Å². The fraction of sp³-hybridized carbons (Fsp3) is 0.500. The summed E-state index contributed by atoms with van der Waals surface area (Å²) in [6, 6.07) is 7.24. The second-order valence-corrected chi connectivity index (χ2v) is 5.01. The first kappa shape index (κ1) is 15.4. The highest BCUT2D eigenvalue weighted by Gasteiger charge is 2.21. The van der Waals surface area contributed by atoms with Gasteiger partial charge in [0.25, 0.3) is 0 Å². The molecule has 0 bridgehead atoms. The quantitative estimate of drug-likeness (QED) is 0.572. The molecule has 1 saturated heterocycles. The first-order valence-electron chi connectivity index (χ1n) is 7.39. The smallest absolute Gasteiger partial charge is 0.344 e. The predicted octanol–water partition coefficient (Wildman–Crippen LogP) is 2.54. The second kappa shape index (κ2) is 7.67. The summed E-state index contributed by atoms with van der Waals surface area (Å²) >= 11 is 0. The number of unbranched alkanes of at least 4 members (excludes halogenated alkanes) is 1. The predicted molar refractivity (Wildman–Crippen MR) is 79.4 cm³/mol. The number of esters is 1. The Labute approximate surface area is 124 Å². The average Bonchev–Trinajstić information content (AvgIpc) is 2.92. The highest BCUT2D eigenvalue weighted by atomic mass is 16.6. The van der Waals surface area contributed by atoms with Crippen LogP contribution in [0, 0.1) is 0 Å². The van der Waals surface area contributed by atoms with Crippen molar-refractivity contribution in [2.45, 2.75) is 32.6 Å². The van der Waals surface area contributed by atoms with Gasteiger partial charge in [0.2, 0.25) is 5.91 Å². The SMILES string of the molecule is CCCCOC(=O)COc1cccc(N2CCCC2=O)c1. The van der Waals surface area contributed by atoms with Gasteiger partial charge in [-0.1, -0.05) is 19.4 Å². The van der Waals surface area contributed by atoms with E-state index in [4.69, 9.17) is 9.47 Å². The van der Waals surface area contributed by atoms with Crippen LogP contribution in [0.15, 0.2) is 24.3 Å². The van der Waals surface area contributed by atoms with Crippen molar-refractivity contribution in [2.75, 3.05) is 24.7 Å². The van der Waals surface area contributed by atoms with Crippen molar-refractivity contribution in [1.82, 2.24) is 0 Å². The van der Waals surface area contributed by atoms with E-state index in [1.54, 1.807) is 17.0 Å². The fourth-order valence-corrected chi connectivity index (χ4v) is 2.18. The van der Waals surface area contributed by atoms with E-state index in [-0.39, 0.29) is 18.5 Å². The van der Waals surface area contributed by atoms with Crippen molar-refractivity contribution in [1.29, 1.82) is 0 Å². The lowest BCUT2D eigenvalue weighted by molar-refractivity contribution is -0.146. The van der Waals surface area contributed by atoms with Gasteiger partial charge in [0, 0.05) is 24.7 Å². The molecule has 21 heavy (non-hydrogen) atoms. The lowest BCUT2D eigenvalue weighted by Gasteiger charge is -2.16. The number of carbonyl (C=O) groups excluding carboxylic acids is 2. The van der Waals surface area contributed by atoms with Gasteiger partial charge in [-0.05, 0) is 25.0 Å². The number of anilines is 1. The maximum Gasteiger partial charge on any atom is 0.344 e. The molecule has 5 heteroatoms. The van der Waals surface area contributed by atoms with E-state index in [2.05, 4.69) is 0 Å². The monoisotopic (exact) mass is 291 g/mol. The van der Waals surface area contributed by atoms with Crippen LogP contribution >= 0.6 is 0 Å². The van der Waals surface area contributed by atoms with E-state index in [1.807, 2.05) is 19.1 Å². The summed E-state index contributed by atoms with van der Waals surface area (Å²) < 4.78 is 10.4. The summed E-state index contributed by atoms with van der Waals surface area (Å²) in [7, 11) is 0. The molecule has 114 valence electrons. The van der Waals surface area contributed by atoms with Crippen molar-refractivity contribution < 1.29 is 19.1 Å². The van der Waals surface area contributed by atoms with Gasteiger partial charge in [-0.15, -0.1) is 0 Å². The molecule has 1 aromatic rings. The van der Waals surface area contributed by atoms with Crippen LogP contribution < -0.4 is 9.64 Å². The summed E-state index contributed by atoms with van der Waals surface area (Å²) in [5, 5.41) is 0. The van der Waals surface area contributed by atoms with Crippen molar-refractivity contribution in [3.63, 3.8) is 0 Å². The Morgan fingerprint density at radius 3 is 2.95 bits per heavy atom. The van der Waals surface area contributed by atoms with Crippen molar-refractivity contribution in [3.05, 3.63) is 24.3 Å². The van der Waals surface area contributed by atoms with E-state index in [0.29, 0.717) is 18.8 Å². The van der Waals surface area contributed by atoms with E-state index < -0.39 is 0 Å². The normalized spacial score (nSPS) is 14.3. The fourth-order valence-electron chi connectivity index (χ4n) is 2.18. The number of benzene rings is 1. The maximum absolute atomic E-state index is 11.7. The highest BCUT2D eigenvalue weighted by molar-refractivity contribution is 5.95. The zero-order valence-electron chi connectivity index (χ0n) is 12.3. The van der Waals surface area contributed by atoms with Gasteiger partial charge in [0.15, 0.2) is 6.61 Å². The Bertz CT molecular complexity index is 501. The van der Waals surface area contributed by atoms with Gasteiger partial charge < -0.3 is 14.4 Å². The summed E-state index contributed by atoms with van der Waals surface area (Å²) in [5.74, 6) is 0.330. The summed E-state index contributed by atoms with van der Waals surface area (Å²) in [6.45, 7) is 3.10. The molecular weight excluding hydrogens is 270 g/mol. The number of amides is 1. The molecular formula is C16H21NO4. The first-order valence-corrected chi connectivity index (χ1v) is 7.39. The summed E-state index contributed by atoms with van der Waals surface area (Å²) in [5.41, 5.74) is 0.814. The van der Waals surface area contributed by atoms with Crippen LogP contribution in [0.5, 0.6) is 5.75 Å². The molecule has 1 fully saturated rings. The van der Waals surface area contributed by atoms with Gasteiger partial charge in [-0.2, -0.15) is 0 Å². The molecule has 0 radical (unpaired) electrons. The Morgan fingerprint density at radius 2 is 2.24 bits per heavy atom. The number of hydrogen-bond acceptors (Lipinski definition) is 4. The zero-order chi connectivity index (χ0) is 15.1. The molecule has 0 saturated carbocycles. The maximum atomic E-state index is 11.7. The van der Waals surface area contributed by atoms with Crippen LogP contribution in [0.4, 0.5) is 5.69 Å². The molecule has 1 aliphatic heterocycles. The summed E-state index contributed by atoms with van der Waals surface area (Å²) in [4.78, 5) is 24.9. The molecule has 0 aliphatic carbocycles. The molecule has 1 heterocycles. The number of nitrogens with zero attached hydrogens (tertiary/aromatic N) is 1. The molecule has 0 aromatic heterocycles. The zero-order valence-corrected chi connectivity index (χ0v) is 12.3. The van der Waals surface area contributed by atoms with E-state index in [0.717, 1.165) is 31.5 Å². The van der Waals surface area contributed by atoms with E-state index in [9.17, 15) is 9.59 Å². The molecule has 0 atom stereocenters. The number of rotatable bonds is 7. The molecule has 0 spiro atoms. The molecule has 0 unspecified atom stereocenters. The number of carbonyl (C=O) groups is 2. The van der Waals surface area contributed by atoms with Gasteiger partial charge in [0.05, 0.1) is 6.61 Å². The lowest BCUT2D eigenvalue weighted by atomic mass is 10.3. The first-order chi connectivity index (χ1) is 10.2. The lowest BCUT2D eigenvalue weighted by Crippen LogP contribution is -2.23. The van der Waals surface area contributed by atoms with Crippen LogP contribution in [0.25, 0.3) is 0 Å². The largest absolute Gasteiger partial charge is 0.482 e. The molecule has 1 aliphatic rings. The highest BCUT2D eigenvalue weighted by Crippen LogP contribution is 2.25.